The summed E-state index contributed by atoms with van der Waals surface area (Å²) in [6.45, 7) is 4.90. The van der Waals surface area contributed by atoms with Gasteiger partial charge in [0.2, 0.25) is 5.91 Å². The van der Waals surface area contributed by atoms with Gasteiger partial charge in [-0.25, -0.2) is 4.39 Å². The van der Waals surface area contributed by atoms with Crippen LogP contribution in [-0.4, -0.2) is 23.4 Å². The molecule has 0 aliphatic carbocycles. The molecule has 1 N–H and O–H groups in total. The summed E-state index contributed by atoms with van der Waals surface area (Å²) >= 11 is 0. The third-order valence-corrected chi connectivity index (χ3v) is 2.69. The van der Waals surface area contributed by atoms with Crippen molar-refractivity contribution in [1.82, 2.24) is 0 Å². The van der Waals surface area contributed by atoms with E-state index in [1.165, 1.54) is 18.2 Å². The molecule has 0 aliphatic heterocycles. The van der Waals surface area contributed by atoms with Crippen LogP contribution in [0.2, 0.25) is 0 Å². The average molecular weight is 347 g/mol. The maximum atomic E-state index is 13.1. The maximum absolute atomic E-state index is 13.1. The molecule has 8 heteroatoms. The number of ether oxygens (including phenoxy) is 1. The van der Waals surface area contributed by atoms with Crippen LogP contribution in [0, 0.1) is 11.7 Å². The first-order valence-electron chi connectivity index (χ1n) is 7.05. The molecule has 1 amide bonds. The molecule has 0 saturated carbocycles. The molecule has 6 nitrogen and oxygen atoms in total. The van der Waals surface area contributed by atoms with Gasteiger partial charge in [-0.2, -0.15) is 0 Å². The number of anilines is 1. The van der Waals surface area contributed by atoms with Crippen molar-refractivity contribution in [3.05, 3.63) is 30.1 Å². The van der Waals surface area contributed by atoms with Gasteiger partial charge < -0.3 is 20.0 Å². The van der Waals surface area contributed by atoms with Crippen molar-refractivity contribution in [2.24, 2.45) is 5.92 Å². The molecule has 1 aromatic carbocycles. The number of rotatable bonds is 6. The van der Waals surface area contributed by atoms with E-state index in [1.807, 2.05) is 0 Å². The SMILES string of the molecule is CC(C)(C)OC(=O)C(CC(=O)[O-])CC(=O)Nc1cccc(F)c1.[Na+]. The molecule has 0 aromatic heterocycles. The molecular weight excluding hydrogens is 328 g/mol. The fourth-order valence-electron chi connectivity index (χ4n) is 1.83. The predicted molar refractivity (Wildman–Crippen MR) is 78.6 cm³/mol. The molecule has 24 heavy (non-hydrogen) atoms. The topological polar surface area (TPSA) is 95.5 Å². The summed E-state index contributed by atoms with van der Waals surface area (Å²) in [5.41, 5.74) is -0.591. The Kier molecular flexibility index (Phi) is 9.17. The first kappa shape index (κ1) is 22.6. The van der Waals surface area contributed by atoms with Crippen LogP contribution in [-0.2, 0) is 19.1 Å². The number of esters is 1. The third kappa shape index (κ3) is 9.00. The second-order valence-electron chi connectivity index (χ2n) is 6.07. The Balaban J connectivity index is 0.00000529. The zero-order valence-corrected chi connectivity index (χ0v) is 16.2. The Morgan fingerprint density at radius 2 is 1.88 bits per heavy atom. The molecule has 1 rings (SSSR count). The zero-order valence-electron chi connectivity index (χ0n) is 14.2. The number of carboxylic acids is 1. The Morgan fingerprint density at radius 1 is 1.25 bits per heavy atom. The van der Waals surface area contributed by atoms with Gasteiger partial charge in [0.1, 0.15) is 11.4 Å². The quantitative estimate of drug-likeness (QED) is 0.487. The number of benzene rings is 1. The predicted octanol–water partition coefficient (Wildman–Crippen LogP) is -1.74. The minimum atomic E-state index is -1.46. The average Bonchev–Trinajstić information content (AvgIpc) is 2.35. The number of carboxylic acid groups (broad SMARTS) is 1. The molecule has 0 fully saturated rings. The Morgan fingerprint density at radius 3 is 2.38 bits per heavy atom. The van der Waals surface area contributed by atoms with E-state index in [1.54, 1.807) is 20.8 Å². The van der Waals surface area contributed by atoms with Crippen molar-refractivity contribution in [2.45, 2.75) is 39.2 Å². The number of hydrogen-bond acceptors (Lipinski definition) is 5. The number of hydrogen-bond donors (Lipinski definition) is 1. The number of aliphatic carboxylic acids is 1. The van der Waals surface area contributed by atoms with Gasteiger partial charge >= 0.3 is 35.5 Å². The molecule has 0 heterocycles. The van der Waals surface area contributed by atoms with Crippen LogP contribution in [0.5, 0.6) is 0 Å². The number of nitrogens with one attached hydrogen (secondary N) is 1. The van der Waals surface area contributed by atoms with Crippen LogP contribution in [0.4, 0.5) is 10.1 Å². The second kappa shape index (κ2) is 9.76. The van der Waals surface area contributed by atoms with E-state index in [0.29, 0.717) is 0 Å². The molecular formula is C16H19FNNaO5. The molecule has 126 valence electrons. The van der Waals surface area contributed by atoms with Crippen molar-refractivity contribution in [3.8, 4) is 0 Å². The largest absolute Gasteiger partial charge is 1.00 e. The Hall–Kier alpha value is -1.44. The normalized spacial score (nSPS) is 11.8. The van der Waals surface area contributed by atoms with Gasteiger partial charge in [-0.1, -0.05) is 6.07 Å². The minimum Gasteiger partial charge on any atom is -0.550 e. The van der Waals surface area contributed by atoms with Gasteiger partial charge in [0.15, 0.2) is 0 Å². The van der Waals surface area contributed by atoms with Gasteiger partial charge in [-0.3, -0.25) is 9.59 Å². The summed E-state index contributed by atoms with van der Waals surface area (Å²) in [7, 11) is 0. The van der Waals surface area contributed by atoms with E-state index < -0.39 is 48.0 Å². The van der Waals surface area contributed by atoms with Crippen LogP contribution in [0.15, 0.2) is 24.3 Å². The van der Waals surface area contributed by atoms with Crippen molar-refractivity contribution < 1.29 is 58.2 Å². The minimum absolute atomic E-state index is 0. The van der Waals surface area contributed by atoms with Crippen LogP contribution < -0.4 is 40.0 Å². The molecule has 0 aliphatic rings. The summed E-state index contributed by atoms with van der Waals surface area (Å²) in [5, 5.41) is 13.2. The summed E-state index contributed by atoms with van der Waals surface area (Å²) in [6.07, 6.45) is -1.04. The summed E-state index contributed by atoms with van der Waals surface area (Å²) in [4.78, 5) is 34.7. The first-order valence-corrected chi connectivity index (χ1v) is 7.05. The van der Waals surface area contributed by atoms with E-state index in [2.05, 4.69) is 5.32 Å². The smallest absolute Gasteiger partial charge is 0.550 e. The van der Waals surface area contributed by atoms with E-state index >= 15 is 0 Å². The van der Waals surface area contributed by atoms with Crippen LogP contribution >= 0.6 is 0 Å². The van der Waals surface area contributed by atoms with Crippen molar-refractivity contribution in [2.75, 3.05) is 5.32 Å². The van der Waals surface area contributed by atoms with E-state index in [4.69, 9.17) is 4.74 Å². The molecule has 0 bridgehead atoms. The molecule has 0 radical (unpaired) electrons. The summed E-state index contributed by atoms with van der Waals surface area (Å²) < 4.78 is 18.2. The van der Waals surface area contributed by atoms with E-state index in [9.17, 15) is 23.9 Å². The van der Waals surface area contributed by atoms with Gasteiger partial charge in [-0.15, -0.1) is 0 Å². The summed E-state index contributed by atoms with van der Waals surface area (Å²) in [6, 6.07) is 5.22. The van der Waals surface area contributed by atoms with Crippen LogP contribution in [0.1, 0.15) is 33.6 Å². The van der Waals surface area contributed by atoms with Crippen molar-refractivity contribution >= 4 is 23.5 Å². The number of carbonyl (C=O) groups is 3. The van der Waals surface area contributed by atoms with Gasteiger partial charge in [0, 0.05) is 24.5 Å². The Labute approximate surface area is 162 Å². The van der Waals surface area contributed by atoms with Crippen molar-refractivity contribution in [3.63, 3.8) is 0 Å². The molecule has 1 atom stereocenters. The third-order valence-electron chi connectivity index (χ3n) is 2.69. The van der Waals surface area contributed by atoms with Gasteiger partial charge in [0.05, 0.1) is 5.92 Å². The number of amides is 1. The zero-order chi connectivity index (χ0) is 17.6. The fraction of sp³-hybridized carbons (Fsp3) is 0.438. The standard InChI is InChI=1S/C16H20FNO5.Na/c1-16(2,3)23-15(22)10(8-14(20)21)7-13(19)18-12-6-4-5-11(17)9-12;/h4-6,9-10H,7-8H2,1-3H3,(H,18,19)(H,20,21);/q;+1/p-1. The second-order valence-corrected chi connectivity index (χ2v) is 6.07. The van der Waals surface area contributed by atoms with Crippen LogP contribution in [0.3, 0.4) is 0 Å². The monoisotopic (exact) mass is 347 g/mol. The molecule has 1 unspecified atom stereocenters. The molecule has 0 saturated heterocycles. The molecule has 1 aromatic rings. The maximum Gasteiger partial charge on any atom is 1.00 e. The van der Waals surface area contributed by atoms with Gasteiger partial charge in [-0.05, 0) is 39.0 Å². The Bertz CT molecular complexity index is 600. The van der Waals surface area contributed by atoms with Gasteiger partial charge in [0.25, 0.3) is 0 Å². The van der Waals surface area contributed by atoms with E-state index in [-0.39, 0.29) is 35.2 Å². The first-order chi connectivity index (χ1) is 10.6. The van der Waals surface area contributed by atoms with E-state index in [0.717, 1.165) is 6.07 Å². The molecule has 0 spiro atoms. The summed E-state index contributed by atoms with van der Waals surface area (Å²) in [5.74, 6) is -4.57. The fourth-order valence-corrected chi connectivity index (χ4v) is 1.83. The van der Waals surface area contributed by atoms with Crippen molar-refractivity contribution in [1.29, 1.82) is 0 Å². The van der Waals surface area contributed by atoms with Crippen LogP contribution in [0.25, 0.3) is 0 Å². The number of carbonyl (C=O) groups excluding carboxylic acids is 3. The number of halogens is 1.